The quantitative estimate of drug-likeness (QED) is 0.287. The molecule has 0 aromatic carbocycles. The number of aromatic nitrogens is 2. The summed E-state index contributed by atoms with van der Waals surface area (Å²) in [4.78, 5) is 35.8. The average molecular weight is 615 g/mol. The van der Waals surface area contributed by atoms with E-state index in [2.05, 4.69) is 59.5 Å². The van der Waals surface area contributed by atoms with Crippen molar-refractivity contribution in [2.24, 2.45) is 15.0 Å². The maximum atomic E-state index is 7.75. The van der Waals surface area contributed by atoms with Gasteiger partial charge in [-0.2, -0.15) is 6.42 Å². The van der Waals surface area contributed by atoms with Crippen molar-refractivity contribution in [2.75, 3.05) is 6.61 Å². The van der Waals surface area contributed by atoms with Gasteiger partial charge in [0.05, 0.1) is 5.54 Å². The predicted molar refractivity (Wildman–Crippen MR) is 120 cm³/mol. The topological polar surface area (TPSA) is 109 Å². The number of aliphatic imine (C=N–C) groups is 1. The molecule has 3 heterocycles. The molecule has 0 fully saturated rings. The summed E-state index contributed by atoms with van der Waals surface area (Å²) in [6.45, 7) is 14.8. The van der Waals surface area contributed by atoms with Gasteiger partial charge in [-0.3, -0.25) is 27.7 Å². The molecular formula is C22H30N5O3Ru2-4. The third kappa shape index (κ3) is 13.2. The van der Waals surface area contributed by atoms with E-state index in [1.807, 2.05) is 44.2 Å². The minimum atomic E-state index is -0.158. The standard InChI is InChI=1S/C11H13N3O.C8H9N2.2CHO.CH4.2Ru.2H/c1-11(2)7-15-10(14-11)8-5-4-6-9(12-3)13-8;1-3-7-5-4-6-8(9-2)10-7;2*1-2;;;;;/h4-6H,3,7H2,1-2H3;4-6H,1-3H2;2*1H;1H4;;;;/q-2;-3;2*-1;;;+3;;. The van der Waals surface area contributed by atoms with Crippen LogP contribution in [-0.2, 0) is 59.7 Å². The van der Waals surface area contributed by atoms with Crippen molar-refractivity contribution in [3.8, 4) is 0 Å². The Bertz CT molecular complexity index is 906. The van der Waals surface area contributed by atoms with E-state index in [1.165, 1.54) is 0 Å². The molecule has 0 bridgehead atoms. The fourth-order valence-electron chi connectivity index (χ4n) is 2.04. The molecule has 10 heteroatoms. The summed E-state index contributed by atoms with van der Waals surface area (Å²) in [5.74, 6) is 0.588. The van der Waals surface area contributed by atoms with Crippen LogP contribution in [-0.4, -0.2) is 31.6 Å². The van der Waals surface area contributed by atoms with Crippen molar-refractivity contribution in [1.29, 1.82) is 0 Å². The Morgan fingerprint density at radius 3 is 1.97 bits per heavy atom. The van der Waals surface area contributed by atoms with Gasteiger partial charge in [-0.05, 0) is 13.8 Å². The zero-order valence-electron chi connectivity index (χ0n) is 17.4. The van der Waals surface area contributed by atoms with Gasteiger partial charge in [0.25, 0.3) is 0 Å². The third-order valence-corrected chi connectivity index (χ3v) is 3.29. The van der Waals surface area contributed by atoms with Crippen LogP contribution in [0.25, 0.3) is 0 Å². The first-order valence-electron chi connectivity index (χ1n) is 8.33. The summed E-state index contributed by atoms with van der Waals surface area (Å²) in [6, 6.07) is 11.1. The van der Waals surface area contributed by atoms with Crippen molar-refractivity contribution < 1.29 is 53.3 Å². The monoisotopic (exact) mass is 616 g/mol. The number of nitrogens with zero attached hydrogens (tertiary/aromatic N) is 5. The van der Waals surface area contributed by atoms with Crippen LogP contribution in [0.5, 0.6) is 0 Å². The molecule has 2 aromatic heterocycles. The molecule has 0 spiro atoms. The second kappa shape index (κ2) is 20.6. The number of ether oxygens (including phenoxy) is 1. The van der Waals surface area contributed by atoms with Crippen LogP contribution in [0.2, 0.25) is 0 Å². The van der Waals surface area contributed by atoms with Crippen molar-refractivity contribution in [2.45, 2.75) is 33.2 Å². The summed E-state index contributed by atoms with van der Waals surface area (Å²) in [7, 11) is 6.81. The van der Waals surface area contributed by atoms with Gasteiger partial charge >= 0.3 is 39.0 Å². The number of hydrogen-bond acceptors (Lipinski definition) is 6. The Morgan fingerprint density at radius 2 is 1.53 bits per heavy atom. The molecule has 2 aromatic rings. The van der Waals surface area contributed by atoms with Gasteiger partial charge in [-0.25, -0.2) is 16.0 Å². The molecular weight excluding hydrogens is 584 g/mol. The molecule has 8 nitrogen and oxygen atoms in total. The molecule has 0 N–H and O–H groups in total. The molecule has 0 unspecified atom stereocenters. The summed E-state index contributed by atoms with van der Waals surface area (Å²) < 4.78 is 5.48. The second-order valence-corrected chi connectivity index (χ2v) is 5.95. The predicted octanol–water partition coefficient (Wildman–Crippen LogP) is 1.15. The maximum absolute atomic E-state index is 7.75. The normalized spacial score (nSPS) is 13.3. The summed E-state index contributed by atoms with van der Waals surface area (Å²) >= 11 is 0. The van der Waals surface area contributed by atoms with Crippen LogP contribution in [0.1, 0.15) is 32.7 Å². The van der Waals surface area contributed by atoms with E-state index in [9.17, 15) is 0 Å². The Balaban J connectivity index is -0.000000205. The van der Waals surface area contributed by atoms with Gasteiger partial charge in [-0.1, -0.05) is 31.7 Å². The summed E-state index contributed by atoms with van der Waals surface area (Å²) in [5, 5.41) is 0. The minimum absolute atomic E-state index is 0. The van der Waals surface area contributed by atoms with Crippen molar-refractivity contribution in [3.63, 3.8) is 0 Å². The molecule has 0 saturated heterocycles. The molecule has 32 heavy (non-hydrogen) atoms. The zero-order valence-corrected chi connectivity index (χ0v) is 21.1. The van der Waals surface area contributed by atoms with Crippen molar-refractivity contribution in [3.05, 3.63) is 79.8 Å². The number of carbonyl (C=O) groups excluding carboxylic acids is 2. The average Bonchev–Trinajstić information content (AvgIpc) is 3.16. The van der Waals surface area contributed by atoms with E-state index in [1.54, 1.807) is 6.07 Å². The van der Waals surface area contributed by atoms with Crippen LogP contribution in [0.4, 0.5) is 0 Å². The molecule has 1 aliphatic rings. The summed E-state index contributed by atoms with van der Waals surface area (Å²) in [6.07, 6.45) is 0.698. The van der Waals surface area contributed by atoms with Crippen LogP contribution < -0.4 is 20.9 Å². The first kappa shape index (κ1) is 37.0. The molecule has 1 radical (unpaired) electrons. The first-order valence-corrected chi connectivity index (χ1v) is 8.33. The van der Waals surface area contributed by atoms with Crippen molar-refractivity contribution >= 4 is 19.5 Å². The molecule has 3 rings (SSSR count). The molecule has 181 valence electrons. The van der Waals surface area contributed by atoms with Gasteiger partial charge in [0.15, 0.2) is 0 Å². The molecule has 0 aliphatic carbocycles. The Hall–Kier alpha value is -2.30. The van der Waals surface area contributed by atoms with Crippen LogP contribution in [0.15, 0.2) is 51.4 Å². The number of rotatable bonds is 2. The zero-order chi connectivity index (χ0) is 22.3. The van der Waals surface area contributed by atoms with E-state index in [0.29, 0.717) is 35.6 Å². The van der Waals surface area contributed by atoms with Gasteiger partial charge in [0.1, 0.15) is 6.61 Å². The third-order valence-electron chi connectivity index (χ3n) is 3.29. The number of hydrogen-bond donors (Lipinski definition) is 0. The van der Waals surface area contributed by atoms with E-state index < -0.39 is 0 Å². The molecule has 0 amide bonds. The SMILES string of the molecule is C.[CH-]=O.[CH-]=O.[CH2-]Cc1cccc(=N[CH2-])[n-]1.[CH2-]N=c1cccc(C2=NC(C)(C)CO2)[n-]1.[RuH+3].[RuH]. The van der Waals surface area contributed by atoms with Gasteiger partial charge < -0.3 is 41.2 Å². The first-order chi connectivity index (χ1) is 14.0. The summed E-state index contributed by atoms with van der Waals surface area (Å²) in [5.41, 5.74) is 2.76. The number of pyridine rings is 2. The Labute approximate surface area is 216 Å². The van der Waals surface area contributed by atoms with Gasteiger partial charge in [-0.15, -0.1) is 17.8 Å². The molecule has 0 atom stereocenters. The van der Waals surface area contributed by atoms with Gasteiger partial charge in [0, 0.05) is 5.69 Å². The second-order valence-electron chi connectivity index (χ2n) is 5.95. The van der Waals surface area contributed by atoms with E-state index in [0.717, 1.165) is 5.69 Å². The van der Waals surface area contributed by atoms with Crippen LogP contribution >= 0.6 is 0 Å². The van der Waals surface area contributed by atoms with E-state index >= 15 is 0 Å². The fourth-order valence-corrected chi connectivity index (χ4v) is 2.04. The Kier molecular flexibility index (Phi) is 23.8. The molecule has 0 saturated carbocycles. The molecule has 1 aliphatic heterocycles. The van der Waals surface area contributed by atoms with E-state index in [4.69, 9.17) is 14.3 Å². The van der Waals surface area contributed by atoms with E-state index in [-0.39, 0.29) is 51.9 Å². The van der Waals surface area contributed by atoms with Crippen LogP contribution in [0.3, 0.4) is 0 Å². The fraction of sp³-hybridized carbons (Fsp3) is 0.273. The van der Waals surface area contributed by atoms with Crippen LogP contribution in [0, 0.1) is 21.0 Å². The van der Waals surface area contributed by atoms with Crippen molar-refractivity contribution in [1.82, 2.24) is 9.97 Å². The Morgan fingerprint density at radius 1 is 1.03 bits per heavy atom. The van der Waals surface area contributed by atoms with Gasteiger partial charge in [0.2, 0.25) is 5.90 Å².